The standard InChI is InChI=1S/C10H21NO2/c1-3-5-6-7-8-9(11)10(12)13-4-2/h9H,3-8,11H2,1-2H3/t9-/m1/s1. The first-order chi connectivity index (χ1) is 6.22. The molecular weight excluding hydrogens is 166 g/mol. The second-order valence-corrected chi connectivity index (χ2v) is 3.21. The van der Waals surface area contributed by atoms with Crippen LogP contribution in [0.1, 0.15) is 46.0 Å². The fraction of sp³-hybridized carbons (Fsp3) is 0.900. The summed E-state index contributed by atoms with van der Waals surface area (Å²) in [5.74, 6) is -0.265. The zero-order valence-corrected chi connectivity index (χ0v) is 8.71. The van der Waals surface area contributed by atoms with Crippen LogP contribution < -0.4 is 5.73 Å². The van der Waals surface area contributed by atoms with Crippen molar-refractivity contribution in [3.8, 4) is 0 Å². The third kappa shape index (κ3) is 6.58. The predicted molar refractivity (Wildman–Crippen MR) is 53.4 cm³/mol. The van der Waals surface area contributed by atoms with Crippen LogP contribution in [0, 0.1) is 0 Å². The van der Waals surface area contributed by atoms with Crippen LogP contribution in [-0.4, -0.2) is 18.6 Å². The van der Waals surface area contributed by atoms with Crippen molar-refractivity contribution >= 4 is 5.97 Å². The first-order valence-electron chi connectivity index (χ1n) is 5.14. The minimum atomic E-state index is -0.420. The maximum Gasteiger partial charge on any atom is 0.322 e. The fourth-order valence-electron chi connectivity index (χ4n) is 1.16. The van der Waals surface area contributed by atoms with Crippen molar-refractivity contribution in [1.29, 1.82) is 0 Å². The summed E-state index contributed by atoms with van der Waals surface area (Å²) in [7, 11) is 0. The molecular formula is C10H21NO2. The molecule has 0 rings (SSSR count). The number of ether oxygens (including phenoxy) is 1. The average molecular weight is 187 g/mol. The third-order valence-corrected chi connectivity index (χ3v) is 1.96. The molecule has 0 aromatic carbocycles. The largest absolute Gasteiger partial charge is 0.465 e. The van der Waals surface area contributed by atoms with Gasteiger partial charge in [-0.3, -0.25) is 4.79 Å². The maximum atomic E-state index is 11.1. The minimum Gasteiger partial charge on any atom is -0.465 e. The van der Waals surface area contributed by atoms with E-state index in [4.69, 9.17) is 10.5 Å². The summed E-state index contributed by atoms with van der Waals surface area (Å²) in [6.45, 7) is 4.37. The Bertz CT molecular complexity index is 137. The molecule has 3 nitrogen and oxygen atoms in total. The van der Waals surface area contributed by atoms with E-state index in [2.05, 4.69) is 6.92 Å². The third-order valence-electron chi connectivity index (χ3n) is 1.96. The van der Waals surface area contributed by atoms with E-state index in [9.17, 15) is 4.79 Å². The Morgan fingerprint density at radius 3 is 2.54 bits per heavy atom. The summed E-state index contributed by atoms with van der Waals surface area (Å²) in [6.07, 6.45) is 5.35. The van der Waals surface area contributed by atoms with Crippen molar-refractivity contribution < 1.29 is 9.53 Å². The van der Waals surface area contributed by atoms with E-state index in [1.807, 2.05) is 0 Å². The topological polar surface area (TPSA) is 52.3 Å². The van der Waals surface area contributed by atoms with Gasteiger partial charge in [0.15, 0.2) is 0 Å². The Morgan fingerprint density at radius 2 is 2.00 bits per heavy atom. The molecule has 78 valence electrons. The maximum absolute atomic E-state index is 11.1. The number of nitrogens with two attached hydrogens (primary N) is 1. The smallest absolute Gasteiger partial charge is 0.322 e. The fourth-order valence-corrected chi connectivity index (χ4v) is 1.16. The van der Waals surface area contributed by atoms with Gasteiger partial charge in [-0.15, -0.1) is 0 Å². The molecule has 0 aliphatic heterocycles. The first kappa shape index (κ1) is 12.4. The van der Waals surface area contributed by atoms with Crippen molar-refractivity contribution in [3.63, 3.8) is 0 Å². The summed E-state index contributed by atoms with van der Waals surface area (Å²) >= 11 is 0. The van der Waals surface area contributed by atoms with Gasteiger partial charge in [0.05, 0.1) is 6.61 Å². The summed E-state index contributed by atoms with van der Waals surface area (Å²) in [5.41, 5.74) is 5.61. The molecule has 1 atom stereocenters. The highest BCUT2D eigenvalue weighted by Crippen LogP contribution is 2.05. The highest BCUT2D eigenvalue weighted by atomic mass is 16.5. The quantitative estimate of drug-likeness (QED) is 0.489. The Kier molecular flexibility index (Phi) is 7.69. The van der Waals surface area contributed by atoms with Crippen molar-refractivity contribution in [2.24, 2.45) is 5.73 Å². The predicted octanol–water partition coefficient (Wildman–Crippen LogP) is 1.85. The molecule has 0 aliphatic rings. The number of carbonyl (C=O) groups is 1. The normalized spacial score (nSPS) is 12.5. The molecule has 0 heterocycles. The van der Waals surface area contributed by atoms with Gasteiger partial charge in [-0.25, -0.2) is 0 Å². The molecule has 0 aliphatic carbocycles. The highest BCUT2D eigenvalue weighted by molar-refractivity contribution is 5.75. The van der Waals surface area contributed by atoms with E-state index in [1.165, 1.54) is 12.8 Å². The van der Waals surface area contributed by atoms with Gasteiger partial charge in [0.2, 0.25) is 0 Å². The SMILES string of the molecule is CCCCCC[C@@H](N)C(=O)OCC. The number of esters is 1. The molecule has 2 N–H and O–H groups in total. The van der Waals surface area contributed by atoms with E-state index in [1.54, 1.807) is 6.92 Å². The van der Waals surface area contributed by atoms with Gasteiger partial charge in [0.25, 0.3) is 0 Å². The lowest BCUT2D eigenvalue weighted by Gasteiger charge is -2.09. The number of hydrogen-bond donors (Lipinski definition) is 1. The van der Waals surface area contributed by atoms with Crippen LogP contribution in [0.3, 0.4) is 0 Å². The van der Waals surface area contributed by atoms with E-state index in [0.29, 0.717) is 6.61 Å². The van der Waals surface area contributed by atoms with Gasteiger partial charge in [-0.1, -0.05) is 32.6 Å². The van der Waals surface area contributed by atoms with Gasteiger partial charge >= 0.3 is 5.97 Å². The average Bonchev–Trinajstić information content (AvgIpc) is 2.12. The molecule has 0 radical (unpaired) electrons. The van der Waals surface area contributed by atoms with Crippen LogP contribution in [0.5, 0.6) is 0 Å². The lowest BCUT2D eigenvalue weighted by molar-refractivity contribution is -0.144. The van der Waals surface area contributed by atoms with Crippen LogP contribution >= 0.6 is 0 Å². The number of carbonyl (C=O) groups excluding carboxylic acids is 1. The van der Waals surface area contributed by atoms with E-state index in [-0.39, 0.29) is 5.97 Å². The van der Waals surface area contributed by atoms with Crippen LogP contribution in [0.25, 0.3) is 0 Å². The molecule has 3 heteroatoms. The number of hydrogen-bond acceptors (Lipinski definition) is 3. The van der Waals surface area contributed by atoms with Crippen molar-refractivity contribution in [2.45, 2.75) is 52.0 Å². The van der Waals surface area contributed by atoms with Crippen molar-refractivity contribution in [1.82, 2.24) is 0 Å². The molecule has 0 amide bonds. The van der Waals surface area contributed by atoms with Crippen LogP contribution in [0.15, 0.2) is 0 Å². The zero-order chi connectivity index (χ0) is 10.1. The van der Waals surface area contributed by atoms with Gasteiger partial charge in [-0.05, 0) is 13.3 Å². The molecule has 0 unspecified atom stereocenters. The van der Waals surface area contributed by atoms with Gasteiger partial charge in [-0.2, -0.15) is 0 Å². The lowest BCUT2D eigenvalue weighted by Crippen LogP contribution is -2.32. The number of unbranched alkanes of at least 4 members (excludes halogenated alkanes) is 3. The Morgan fingerprint density at radius 1 is 1.31 bits per heavy atom. The number of rotatable bonds is 7. The molecule has 0 saturated carbocycles. The first-order valence-corrected chi connectivity index (χ1v) is 5.14. The lowest BCUT2D eigenvalue weighted by atomic mass is 10.1. The van der Waals surface area contributed by atoms with Crippen LogP contribution in [-0.2, 0) is 9.53 Å². The molecule has 0 bridgehead atoms. The molecule has 0 aromatic rings. The van der Waals surface area contributed by atoms with E-state index in [0.717, 1.165) is 19.3 Å². The van der Waals surface area contributed by atoms with Crippen molar-refractivity contribution in [2.75, 3.05) is 6.61 Å². The summed E-state index contributed by atoms with van der Waals surface area (Å²) in [5, 5.41) is 0. The summed E-state index contributed by atoms with van der Waals surface area (Å²) < 4.78 is 4.80. The van der Waals surface area contributed by atoms with E-state index < -0.39 is 6.04 Å². The monoisotopic (exact) mass is 187 g/mol. The van der Waals surface area contributed by atoms with Crippen LogP contribution in [0.4, 0.5) is 0 Å². The highest BCUT2D eigenvalue weighted by Gasteiger charge is 2.12. The zero-order valence-electron chi connectivity index (χ0n) is 8.71. The molecule has 13 heavy (non-hydrogen) atoms. The molecule has 0 saturated heterocycles. The molecule has 0 aromatic heterocycles. The van der Waals surface area contributed by atoms with Crippen molar-refractivity contribution in [3.05, 3.63) is 0 Å². The Balaban J connectivity index is 3.38. The van der Waals surface area contributed by atoms with Gasteiger partial charge in [0, 0.05) is 0 Å². The van der Waals surface area contributed by atoms with Crippen LogP contribution in [0.2, 0.25) is 0 Å². The molecule has 0 fully saturated rings. The van der Waals surface area contributed by atoms with Gasteiger partial charge < -0.3 is 10.5 Å². The second kappa shape index (κ2) is 8.05. The molecule has 0 spiro atoms. The minimum absolute atomic E-state index is 0.265. The second-order valence-electron chi connectivity index (χ2n) is 3.21. The van der Waals surface area contributed by atoms with Gasteiger partial charge in [0.1, 0.15) is 6.04 Å². The summed E-state index contributed by atoms with van der Waals surface area (Å²) in [6, 6.07) is -0.420. The summed E-state index contributed by atoms with van der Waals surface area (Å²) in [4.78, 5) is 11.1. The van der Waals surface area contributed by atoms with E-state index >= 15 is 0 Å². The Labute approximate surface area is 80.6 Å². The Hall–Kier alpha value is -0.570.